The first-order chi connectivity index (χ1) is 21.3. The number of H-pyrrole nitrogens is 2. The van der Waals surface area contributed by atoms with E-state index >= 15 is 0 Å². The van der Waals surface area contributed by atoms with Gasteiger partial charge in [-0.3, -0.25) is 17.9 Å². The number of benzene rings is 1. The summed E-state index contributed by atoms with van der Waals surface area (Å²) in [7, 11) is 26.5. The van der Waals surface area contributed by atoms with Crippen LogP contribution in [0.1, 0.15) is 22.8 Å². The molecule has 0 aliphatic carbocycles. The van der Waals surface area contributed by atoms with E-state index in [-0.39, 0.29) is 0 Å². The first-order valence-electron chi connectivity index (χ1n) is 15.9. The molecule has 0 saturated heterocycles. The van der Waals surface area contributed by atoms with Crippen LogP contribution in [0.3, 0.4) is 0 Å². The zero-order valence-electron chi connectivity index (χ0n) is 29.6. The number of aromatic amines is 2. The smallest absolute Gasteiger partial charge is 0.190 e. The third-order valence-corrected chi connectivity index (χ3v) is 8.56. The monoisotopic (exact) mass is 618 g/mol. The molecule has 8 nitrogen and oxygen atoms in total. The summed E-state index contributed by atoms with van der Waals surface area (Å²) in [5.74, 6) is 0. The quantitative estimate of drug-likeness (QED) is 0.210. The Morgan fingerprint density at radius 3 is 1.46 bits per heavy atom. The summed E-state index contributed by atoms with van der Waals surface area (Å²) in [6.07, 6.45) is 6.61. The van der Waals surface area contributed by atoms with Crippen molar-refractivity contribution in [1.29, 1.82) is 0 Å². The van der Waals surface area contributed by atoms with Gasteiger partial charge in [0.25, 0.3) is 0 Å². The molecule has 2 N–H and O–H groups in total. The van der Waals surface area contributed by atoms with Crippen LogP contribution in [-0.2, 0) is 0 Å². The summed E-state index contributed by atoms with van der Waals surface area (Å²) in [5, 5.41) is 0. The predicted molar refractivity (Wildman–Crippen MR) is 200 cm³/mol. The number of hydrogen-bond acceptors (Lipinski definition) is 2. The van der Waals surface area contributed by atoms with Gasteiger partial charge in [-0.05, 0) is 42.0 Å². The Balaban J connectivity index is 1.94. The van der Waals surface area contributed by atoms with Crippen molar-refractivity contribution in [2.24, 2.45) is 0 Å². The summed E-state index contributed by atoms with van der Waals surface area (Å²) in [5.41, 5.74) is 14.7. The Morgan fingerprint density at radius 2 is 0.935 bits per heavy atom. The fourth-order valence-electron chi connectivity index (χ4n) is 6.74. The minimum absolute atomic E-state index is 0.571. The number of nitrogens with one attached hydrogen (secondary N) is 2. The highest BCUT2D eigenvalue weighted by molar-refractivity contribution is 5.98. The lowest BCUT2D eigenvalue weighted by Gasteiger charge is -2.29. The van der Waals surface area contributed by atoms with E-state index in [9.17, 15) is 0 Å². The molecule has 0 unspecified atom stereocenters. The molecule has 8 heteroatoms. The van der Waals surface area contributed by atoms with Crippen LogP contribution in [0.25, 0.3) is 57.1 Å². The van der Waals surface area contributed by atoms with E-state index in [4.69, 9.17) is 9.97 Å². The van der Waals surface area contributed by atoms with E-state index in [0.29, 0.717) is 17.9 Å². The van der Waals surface area contributed by atoms with E-state index in [0.717, 1.165) is 78.7 Å². The molecule has 0 saturated carbocycles. The summed E-state index contributed by atoms with van der Waals surface area (Å²) in [4.78, 5) is 18.6. The molecule has 5 heterocycles. The number of rotatable bonds is 5. The van der Waals surface area contributed by atoms with Crippen LogP contribution >= 0.6 is 0 Å². The number of hydrogen-bond donors (Lipinski definition) is 2. The molecular weight excluding hydrogens is 568 g/mol. The van der Waals surface area contributed by atoms with Crippen LogP contribution in [0, 0.1) is 0 Å². The minimum Gasteiger partial charge on any atom is -0.350 e. The maximum Gasteiger partial charge on any atom is 0.190 e. The molecule has 2 aliphatic rings. The average Bonchev–Trinajstić information content (AvgIpc) is 3.72. The lowest BCUT2D eigenvalue weighted by atomic mass is 10.0. The highest BCUT2D eigenvalue weighted by atomic mass is 15.3. The normalized spacial score (nSPS) is 14.1. The van der Waals surface area contributed by atoms with Gasteiger partial charge in [0, 0.05) is 17.2 Å². The van der Waals surface area contributed by atoms with Gasteiger partial charge in [0.15, 0.2) is 28.5 Å². The third-order valence-electron chi connectivity index (χ3n) is 8.56. The van der Waals surface area contributed by atoms with E-state index in [1.54, 1.807) is 0 Å². The van der Waals surface area contributed by atoms with Crippen molar-refractivity contribution < 1.29 is 4.48 Å². The molecule has 0 atom stereocenters. The highest BCUT2D eigenvalue weighted by Crippen LogP contribution is 2.42. The highest BCUT2D eigenvalue weighted by Gasteiger charge is 2.36. The van der Waals surface area contributed by atoms with Gasteiger partial charge >= 0.3 is 0 Å². The van der Waals surface area contributed by atoms with Crippen molar-refractivity contribution in [3.8, 4) is 11.1 Å². The molecule has 0 amide bonds. The predicted octanol–water partition coefficient (Wildman–Crippen LogP) is 6.95. The van der Waals surface area contributed by atoms with Gasteiger partial charge in [-0.15, -0.1) is 0 Å². The molecule has 0 radical (unpaired) electrons. The van der Waals surface area contributed by atoms with Crippen molar-refractivity contribution in [1.82, 2.24) is 33.4 Å². The standard InChI is InChI=1S/C38H50N8/c1-43(2,3)33-24-32-34(25-16-14-13-15-17-25)26-18-19-27(39-26)36(44(4,5)6)28-20-21-29(40-28)37(45(7,8)9)30-22-23-31(41-30)38(35(33)42-32)46(10,11)12/h13-24,39-40H,1-12H3/q+4. The fraction of sp³-hybridized carbons (Fsp3) is 0.316. The Morgan fingerprint density at radius 1 is 0.457 bits per heavy atom. The second kappa shape index (κ2) is 10.6. The summed E-state index contributed by atoms with van der Waals surface area (Å²) >= 11 is 0. The molecule has 46 heavy (non-hydrogen) atoms. The summed E-state index contributed by atoms with van der Waals surface area (Å²) < 4.78 is 2.44. The largest absolute Gasteiger partial charge is 0.350 e. The van der Waals surface area contributed by atoms with Crippen molar-refractivity contribution in [3.63, 3.8) is 0 Å². The van der Waals surface area contributed by atoms with Crippen LogP contribution in [0.4, 0.5) is 17.1 Å². The van der Waals surface area contributed by atoms with Crippen molar-refractivity contribution in [2.75, 3.05) is 84.6 Å². The van der Waals surface area contributed by atoms with Crippen LogP contribution in [0.2, 0.25) is 0 Å². The van der Waals surface area contributed by atoms with Gasteiger partial charge in [-0.25, -0.2) is 9.97 Å². The third kappa shape index (κ3) is 5.62. The molecule has 6 rings (SSSR count). The Kier molecular flexibility index (Phi) is 7.29. The summed E-state index contributed by atoms with van der Waals surface area (Å²) in [6, 6.07) is 19.4. The summed E-state index contributed by atoms with van der Waals surface area (Å²) in [6.45, 7) is 0. The topological polar surface area (TPSA) is 57.4 Å². The molecule has 8 bridgehead atoms. The van der Waals surface area contributed by atoms with Crippen molar-refractivity contribution in [2.45, 2.75) is 0 Å². The van der Waals surface area contributed by atoms with Crippen molar-refractivity contribution >= 4 is 63.1 Å². The van der Waals surface area contributed by atoms with E-state index in [1.165, 1.54) is 0 Å². The van der Waals surface area contributed by atoms with Gasteiger partial charge in [0.05, 0.1) is 90.3 Å². The first kappa shape index (κ1) is 31.6. The van der Waals surface area contributed by atoms with Gasteiger partial charge in [-0.1, -0.05) is 30.3 Å². The zero-order chi connectivity index (χ0) is 33.4. The Bertz CT molecular complexity index is 2060. The second-order valence-electron chi connectivity index (χ2n) is 16.0. The number of quaternary nitrogens is 4. The van der Waals surface area contributed by atoms with Crippen molar-refractivity contribution in [3.05, 3.63) is 77.4 Å². The zero-order valence-corrected chi connectivity index (χ0v) is 29.6. The first-order valence-corrected chi connectivity index (χ1v) is 15.9. The fourth-order valence-corrected chi connectivity index (χ4v) is 6.74. The lowest BCUT2D eigenvalue weighted by molar-refractivity contribution is -0.795. The maximum atomic E-state index is 5.53. The molecular formula is C38H50N8+4. The number of nitrogens with zero attached hydrogens (tertiary/aromatic N) is 6. The number of aromatic nitrogens is 4. The van der Waals surface area contributed by atoms with Crippen LogP contribution in [0.5, 0.6) is 0 Å². The lowest BCUT2D eigenvalue weighted by Crippen LogP contribution is -2.38. The molecule has 4 aromatic rings. The minimum atomic E-state index is 0.571. The average molecular weight is 619 g/mol. The number of fused-ring (bicyclic) bond motifs is 8. The van der Waals surface area contributed by atoms with E-state index < -0.39 is 0 Å². The second-order valence-corrected chi connectivity index (χ2v) is 16.0. The maximum absolute atomic E-state index is 5.53. The van der Waals surface area contributed by atoms with Gasteiger partial charge in [-0.2, -0.15) is 0 Å². The van der Waals surface area contributed by atoms with Gasteiger partial charge in [0.1, 0.15) is 27.9 Å². The molecule has 0 fully saturated rings. The van der Waals surface area contributed by atoms with Crippen LogP contribution in [0.15, 0.2) is 54.6 Å². The van der Waals surface area contributed by atoms with Gasteiger partial charge < -0.3 is 9.97 Å². The molecule has 238 valence electrons. The van der Waals surface area contributed by atoms with E-state index in [2.05, 4.69) is 167 Å². The molecule has 3 aromatic heterocycles. The van der Waals surface area contributed by atoms with Crippen LogP contribution in [-0.4, -0.2) is 109 Å². The van der Waals surface area contributed by atoms with E-state index in [1.807, 2.05) is 0 Å². The molecule has 1 aromatic carbocycles. The molecule has 2 aliphatic heterocycles. The Labute approximate surface area is 273 Å². The Hall–Kier alpha value is -4.34. The SMILES string of the molecule is C[N+](C)(C)C1=Cc2nc1c([N+](C)(C)C)c1nc(c([N+](C)(C)C)c3ccc([nH]3)c([N+](C)(C)C)c3ccc([nH]3)c2-c2ccccc2)C=C1. The molecule has 0 spiro atoms. The van der Waals surface area contributed by atoms with Gasteiger partial charge in [0.2, 0.25) is 0 Å². The van der Waals surface area contributed by atoms with Crippen LogP contribution < -0.4 is 13.4 Å².